The van der Waals surface area contributed by atoms with Crippen molar-refractivity contribution < 1.29 is 9.59 Å². The number of carbonyl (C=O) groups excluding carboxylic acids is 2. The molecule has 3 N–H and O–H groups in total. The zero-order valence-corrected chi connectivity index (χ0v) is 10.5. The highest BCUT2D eigenvalue weighted by Crippen LogP contribution is 2.21. The molecule has 0 fully saturated rings. The molecule has 0 aliphatic carbocycles. The summed E-state index contributed by atoms with van der Waals surface area (Å²) >= 11 is 1.13. The molecule has 2 heterocycles. The van der Waals surface area contributed by atoms with E-state index in [1.807, 2.05) is 0 Å². The number of pyridine rings is 1. The molecule has 18 heavy (non-hydrogen) atoms. The molecule has 0 unspecified atom stereocenters. The van der Waals surface area contributed by atoms with Gasteiger partial charge in [0.15, 0.2) is 0 Å². The Bertz CT molecular complexity index is 607. The summed E-state index contributed by atoms with van der Waals surface area (Å²) in [5.41, 5.74) is 5.99. The number of hydrogen-bond donors (Lipinski definition) is 2. The third-order valence-corrected chi connectivity index (χ3v) is 3.45. The van der Waals surface area contributed by atoms with Crippen LogP contribution in [-0.2, 0) is 0 Å². The number of amides is 1. The summed E-state index contributed by atoms with van der Waals surface area (Å²) in [5, 5.41) is 2.51. The summed E-state index contributed by atoms with van der Waals surface area (Å²) in [6, 6.07) is 6.49. The van der Waals surface area contributed by atoms with Crippen LogP contribution in [0.15, 0.2) is 30.5 Å². The molecule has 0 aliphatic heterocycles. The second-order valence-corrected chi connectivity index (χ2v) is 4.59. The fourth-order valence-electron chi connectivity index (χ4n) is 1.45. The standard InChI is InChI=1S/C12H11N3O2S/c1-14-12(17)9-5-4-8(18-9)10(16)7-3-2-6-15-11(7)13/h2-6H,1H3,(H2,13,15)(H,14,17). The zero-order valence-electron chi connectivity index (χ0n) is 9.64. The smallest absolute Gasteiger partial charge is 0.261 e. The van der Waals surface area contributed by atoms with Gasteiger partial charge in [-0.2, -0.15) is 0 Å². The molecule has 2 aromatic rings. The van der Waals surface area contributed by atoms with E-state index in [-0.39, 0.29) is 17.5 Å². The highest BCUT2D eigenvalue weighted by Gasteiger charge is 2.16. The van der Waals surface area contributed by atoms with Crippen molar-refractivity contribution in [1.29, 1.82) is 0 Å². The molecule has 0 aromatic carbocycles. The van der Waals surface area contributed by atoms with Gasteiger partial charge in [-0.05, 0) is 24.3 Å². The lowest BCUT2D eigenvalue weighted by molar-refractivity contribution is 0.0966. The van der Waals surface area contributed by atoms with Crippen LogP contribution in [0.3, 0.4) is 0 Å². The van der Waals surface area contributed by atoms with Gasteiger partial charge in [0.1, 0.15) is 5.82 Å². The molecule has 5 nitrogen and oxygen atoms in total. The minimum absolute atomic E-state index is 0.192. The van der Waals surface area contributed by atoms with Crippen molar-refractivity contribution in [3.8, 4) is 0 Å². The summed E-state index contributed by atoms with van der Waals surface area (Å²) in [7, 11) is 1.54. The van der Waals surface area contributed by atoms with Crippen molar-refractivity contribution in [3.05, 3.63) is 45.8 Å². The number of nitrogen functional groups attached to an aromatic ring is 1. The quantitative estimate of drug-likeness (QED) is 0.816. The van der Waals surface area contributed by atoms with Crippen LogP contribution in [0.4, 0.5) is 5.82 Å². The van der Waals surface area contributed by atoms with Gasteiger partial charge >= 0.3 is 0 Å². The predicted molar refractivity (Wildman–Crippen MR) is 69.8 cm³/mol. The van der Waals surface area contributed by atoms with Gasteiger partial charge < -0.3 is 11.1 Å². The Hall–Kier alpha value is -2.21. The largest absolute Gasteiger partial charge is 0.383 e. The number of rotatable bonds is 3. The van der Waals surface area contributed by atoms with Crippen LogP contribution in [0.5, 0.6) is 0 Å². The molecule has 0 spiro atoms. The molecule has 0 atom stereocenters. The molecule has 92 valence electrons. The van der Waals surface area contributed by atoms with Gasteiger partial charge in [-0.15, -0.1) is 11.3 Å². The number of nitrogens with one attached hydrogen (secondary N) is 1. The Kier molecular flexibility index (Phi) is 3.38. The molecule has 0 radical (unpaired) electrons. The van der Waals surface area contributed by atoms with Crippen molar-refractivity contribution in [2.24, 2.45) is 0 Å². The Labute approximate surface area is 108 Å². The van der Waals surface area contributed by atoms with E-state index < -0.39 is 0 Å². The monoisotopic (exact) mass is 261 g/mol. The number of anilines is 1. The van der Waals surface area contributed by atoms with Crippen LogP contribution in [0.25, 0.3) is 0 Å². The van der Waals surface area contributed by atoms with Crippen molar-refractivity contribution in [1.82, 2.24) is 10.3 Å². The van der Waals surface area contributed by atoms with Crippen LogP contribution in [0, 0.1) is 0 Å². The van der Waals surface area contributed by atoms with Gasteiger partial charge in [0, 0.05) is 13.2 Å². The van der Waals surface area contributed by atoms with Crippen LogP contribution in [-0.4, -0.2) is 23.7 Å². The first kappa shape index (κ1) is 12.3. The highest BCUT2D eigenvalue weighted by atomic mass is 32.1. The van der Waals surface area contributed by atoms with E-state index in [0.29, 0.717) is 15.3 Å². The SMILES string of the molecule is CNC(=O)c1ccc(C(=O)c2cccnc2N)s1. The first-order valence-corrected chi connectivity index (χ1v) is 6.02. The summed E-state index contributed by atoms with van der Waals surface area (Å²) in [6.07, 6.45) is 1.52. The maximum absolute atomic E-state index is 12.2. The van der Waals surface area contributed by atoms with Gasteiger partial charge in [0.2, 0.25) is 5.78 Å². The second-order valence-electron chi connectivity index (χ2n) is 3.51. The zero-order chi connectivity index (χ0) is 13.1. The molecular formula is C12H11N3O2S. The molecule has 6 heteroatoms. The van der Waals surface area contributed by atoms with E-state index in [1.54, 1.807) is 31.3 Å². The first-order chi connectivity index (χ1) is 8.63. The number of carbonyl (C=O) groups is 2. The second kappa shape index (κ2) is 4.97. The fraction of sp³-hybridized carbons (Fsp3) is 0.0833. The van der Waals surface area contributed by atoms with E-state index in [4.69, 9.17) is 5.73 Å². The van der Waals surface area contributed by atoms with Crippen molar-refractivity contribution in [2.75, 3.05) is 12.8 Å². The average molecular weight is 261 g/mol. The van der Waals surface area contributed by atoms with Gasteiger partial charge in [0.25, 0.3) is 5.91 Å². The molecule has 1 amide bonds. The van der Waals surface area contributed by atoms with Crippen LogP contribution in [0.1, 0.15) is 24.9 Å². The van der Waals surface area contributed by atoms with Crippen LogP contribution in [0.2, 0.25) is 0 Å². The van der Waals surface area contributed by atoms with Gasteiger partial charge in [-0.3, -0.25) is 9.59 Å². The fourth-order valence-corrected chi connectivity index (χ4v) is 2.35. The van der Waals surface area contributed by atoms with E-state index in [1.165, 1.54) is 6.20 Å². The summed E-state index contributed by atoms with van der Waals surface area (Å²) in [5.74, 6) is -0.239. The topological polar surface area (TPSA) is 85.1 Å². The summed E-state index contributed by atoms with van der Waals surface area (Å²) in [4.78, 5) is 28.4. The first-order valence-electron chi connectivity index (χ1n) is 5.20. The molecule has 2 rings (SSSR count). The molecule has 0 saturated carbocycles. The van der Waals surface area contributed by atoms with Crippen LogP contribution >= 0.6 is 11.3 Å². The van der Waals surface area contributed by atoms with E-state index in [2.05, 4.69) is 10.3 Å². The number of hydrogen-bond acceptors (Lipinski definition) is 5. The lowest BCUT2D eigenvalue weighted by Gasteiger charge is -2.00. The minimum atomic E-state index is -0.222. The Morgan fingerprint density at radius 2 is 2.00 bits per heavy atom. The maximum atomic E-state index is 12.2. The predicted octanol–water partition coefficient (Wildman–Crippen LogP) is 1.32. The number of nitrogens with two attached hydrogens (primary N) is 1. The number of aromatic nitrogens is 1. The Morgan fingerprint density at radius 3 is 2.67 bits per heavy atom. The average Bonchev–Trinajstić information content (AvgIpc) is 2.87. The highest BCUT2D eigenvalue weighted by molar-refractivity contribution is 7.16. The Morgan fingerprint density at radius 1 is 1.28 bits per heavy atom. The normalized spacial score (nSPS) is 10.1. The Balaban J connectivity index is 2.33. The van der Waals surface area contributed by atoms with E-state index in [0.717, 1.165) is 11.3 Å². The van der Waals surface area contributed by atoms with Gasteiger partial charge in [-0.1, -0.05) is 0 Å². The lowest BCUT2D eigenvalue weighted by atomic mass is 10.1. The van der Waals surface area contributed by atoms with Crippen molar-refractivity contribution in [2.45, 2.75) is 0 Å². The van der Waals surface area contributed by atoms with Crippen molar-refractivity contribution in [3.63, 3.8) is 0 Å². The number of thiophene rings is 1. The maximum Gasteiger partial charge on any atom is 0.261 e. The third kappa shape index (κ3) is 2.23. The minimum Gasteiger partial charge on any atom is -0.383 e. The number of ketones is 1. The summed E-state index contributed by atoms with van der Waals surface area (Å²) in [6.45, 7) is 0. The molecule has 2 aromatic heterocycles. The molecule has 0 bridgehead atoms. The number of nitrogens with zero attached hydrogens (tertiary/aromatic N) is 1. The van der Waals surface area contributed by atoms with Crippen molar-refractivity contribution >= 4 is 28.8 Å². The summed E-state index contributed by atoms with van der Waals surface area (Å²) < 4.78 is 0. The van der Waals surface area contributed by atoms with Gasteiger partial charge in [-0.25, -0.2) is 4.98 Å². The van der Waals surface area contributed by atoms with E-state index >= 15 is 0 Å². The lowest BCUT2D eigenvalue weighted by Crippen LogP contribution is -2.16. The van der Waals surface area contributed by atoms with Gasteiger partial charge in [0.05, 0.1) is 15.3 Å². The van der Waals surface area contributed by atoms with E-state index in [9.17, 15) is 9.59 Å². The molecular weight excluding hydrogens is 250 g/mol. The molecule has 0 saturated heterocycles. The van der Waals surface area contributed by atoms with Crippen LogP contribution < -0.4 is 11.1 Å². The molecule has 0 aliphatic rings. The third-order valence-electron chi connectivity index (χ3n) is 2.36.